The second-order valence-electron chi connectivity index (χ2n) is 4.77. The molecule has 0 saturated carbocycles. The van der Waals surface area contributed by atoms with Crippen LogP contribution >= 0.6 is 11.8 Å². The lowest BCUT2D eigenvalue weighted by Gasteiger charge is -2.06. The molecule has 4 nitrogen and oxygen atoms in total. The van der Waals surface area contributed by atoms with Crippen LogP contribution in [0.5, 0.6) is 5.75 Å². The van der Waals surface area contributed by atoms with E-state index in [0.29, 0.717) is 6.54 Å². The standard InChI is InChI=1S/C18H21N3OS.C2H6/c1-4-19-18(15-8-10-17(22-3)11-9-15)21-14(2)23-13-16-7-5-6-12-20-16;1-2/h5-12H,4,13H2,1-3H3;1-2H3. The quantitative estimate of drug-likeness (QED) is 0.543. The molecule has 1 heterocycles. The van der Waals surface area contributed by atoms with E-state index in [0.717, 1.165) is 33.6 Å². The van der Waals surface area contributed by atoms with Crippen LogP contribution in [0.2, 0.25) is 0 Å². The van der Waals surface area contributed by atoms with Crippen molar-refractivity contribution in [3.63, 3.8) is 0 Å². The molecule has 1 aromatic carbocycles. The van der Waals surface area contributed by atoms with Gasteiger partial charge in [-0.3, -0.25) is 9.98 Å². The van der Waals surface area contributed by atoms with Crippen LogP contribution in [0, 0.1) is 0 Å². The van der Waals surface area contributed by atoms with Gasteiger partial charge in [-0.15, -0.1) is 11.8 Å². The van der Waals surface area contributed by atoms with E-state index in [1.54, 1.807) is 18.9 Å². The number of nitrogens with zero attached hydrogens (tertiary/aromatic N) is 3. The van der Waals surface area contributed by atoms with E-state index in [1.807, 2.05) is 76.4 Å². The maximum absolute atomic E-state index is 5.19. The van der Waals surface area contributed by atoms with Crippen molar-refractivity contribution in [1.82, 2.24) is 4.98 Å². The summed E-state index contributed by atoms with van der Waals surface area (Å²) in [6.07, 6.45) is 1.81. The van der Waals surface area contributed by atoms with Crippen LogP contribution in [0.15, 0.2) is 58.6 Å². The summed E-state index contributed by atoms with van der Waals surface area (Å²) in [5, 5.41) is 0.971. The summed E-state index contributed by atoms with van der Waals surface area (Å²) < 4.78 is 5.19. The Hall–Kier alpha value is -2.14. The Labute approximate surface area is 155 Å². The Morgan fingerprint density at radius 3 is 2.40 bits per heavy atom. The second kappa shape index (κ2) is 12.3. The first kappa shape index (κ1) is 20.9. The monoisotopic (exact) mass is 357 g/mol. The fourth-order valence-corrected chi connectivity index (χ4v) is 2.60. The molecule has 0 saturated heterocycles. The number of pyridine rings is 1. The number of aliphatic imine (C=N–C) groups is 2. The van der Waals surface area contributed by atoms with Crippen molar-refractivity contribution in [2.75, 3.05) is 13.7 Å². The van der Waals surface area contributed by atoms with Crippen LogP contribution in [0.25, 0.3) is 0 Å². The molecule has 0 bridgehead atoms. The molecule has 0 fully saturated rings. The van der Waals surface area contributed by atoms with Crippen molar-refractivity contribution in [3.8, 4) is 5.75 Å². The molecular weight excluding hydrogens is 330 g/mol. The van der Waals surface area contributed by atoms with Crippen LogP contribution < -0.4 is 4.74 Å². The first-order valence-electron chi connectivity index (χ1n) is 8.49. The maximum atomic E-state index is 5.19. The predicted molar refractivity (Wildman–Crippen MR) is 110 cm³/mol. The van der Waals surface area contributed by atoms with E-state index in [4.69, 9.17) is 4.74 Å². The smallest absolute Gasteiger partial charge is 0.155 e. The van der Waals surface area contributed by atoms with E-state index in [9.17, 15) is 0 Å². The van der Waals surface area contributed by atoms with Gasteiger partial charge in [-0.2, -0.15) is 0 Å². The highest BCUT2D eigenvalue weighted by Crippen LogP contribution is 2.16. The number of hydrogen-bond acceptors (Lipinski definition) is 4. The number of aromatic nitrogens is 1. The lowest BCUT2D eigenvalue weighted by molar-refractivity contribution is 0.415. The molecule has 0 spiro atoms. The Morgan fingerprint density at radius 2 is 1.84 bits per heavy atom. The number of rotatable bonds is 5. The van der Waals surface area contributed by atoms with Gasteiger partial charge >= 0.3 is 0 Å². The average Bonchev–Trinajstić information content (AvgIpc) is 2.68. The van der Waals surface area contributed by atoms with E-state index >= 15 is 0 Å². The molecule has 0 N–H and O–H groups in total. The van der Waals surface area contributed by atoms with Crippen molar-refractivity contribution in [2.24, 2.45) is 9.98 Å². The topological polar surface area (TPSA) is 46.8 Å². The lowest BCUT2D eigenvalue weighted by Crippen LogP contribution is -2.02. The van der Waals surface area contributed by atoms with Gasteiger partial charge in [-0.05, 0) is 50.2 Å². The largest absolute Gasteiger partial charge is 0.497 e. The van der Waals surface area contributed by atoms with Crippen LogP contribution in [0.1, 0.15) is 39.0 Å². The van der Waals surface area contributed by atoms with E-state index in [-0.39, 0.29) is 0 Å². The zero-order valence-electron chi connectivity index (χ0n) is 15.7. The lowest BCUT2D eigenvalue weighted by atomic mass is 10.2. The molecule has 0 amide bonds. The van der Waals surface area contributed by atoms with Gasteiger partial charge in [-0.1, -0.05) is 19.9 Å². The van der Waals surface area contributed by atoms with Gasteiger partial charge in [0.2, 0.25) is 0 Å². The number of benzene rings is 1. The van der Waals surface area contributed by atoms with Crippen molar-refractivity contribution in [3.05, 3.63) is 59.9 Å². The van der Waals surface area contributed by atoms with Crippen molar-refractivity contribution in [2.45, 2.75) is 33.4 Å². The average molecular weight is 358 g/mol. The summed E-state index contributed by atoms with van der Waals surface area (Å²) in [6.45, 7) is 8.71. The maximum Gasteiger partial charge on any atom is 0.155 e. The summed E-state index contributed by atoms with van der Waals surface area (Å²) in [6, 6.07) is 13.7. The molecule has 25 heavy (non-hydrogen) atoms. The predicted octanol–water partition coefficient (Wildman–Crippen LogP) is 5.23. The van der Waals surface area contributed by atoms with Crippen LogP contribution in [-0.2, 0) is 5.75 Å². The molecule has 0 unspecified atom stereocenters. The zero-order chi connectivity index (χ0) is 18.5. The molecule has 1 aromatic heterocycles. The molecule has 0 atom stereocenters. The Morgan fingerprint density at radius 1 is 1.12 bits per heavy atom. The minimum absolute atomic E-state index is 0.697. The summed E-state index contributed by atoms with van der Waals surface area (Å²) in [4.78, 5) is 13.5. The molecule has 0 aliphatic heterocycles. The van der Waals surface area contributed by atoms with Crippen molar-refractivity contribution < 1.29 is 4.74 Å². The SMILES string of the molecule is CC.CCN=C(N=C(C)SCc1ccccn1)c1ccc(OC)cc1. The number of ether oxygens (including phenoxy) is 1. The third-order valence-electron chi connectivity index (χ3n) is 3.07. The number of hydrogen-bond donors (Lipinski definition) is 0. The van der Waals surface area contributed by atoms with Gasteiger partial charge in [0.25, 0.3) is 0 Å². The van der Waals surface area contributed by atoms with Crippen molar-refractivity contribution in [1.29, 1.82) is 0 Å². The van der Waals surface area contributed by atoms with Gasteiger partial charge in [0.15, 0.2) is 5.84 Å². The summed E-state index contributed by atoms with van der Waals surface area (Å²) in [5.74, 6) is 2.38. The molecular formula is C20H27N3OS. The molecule has 0 aliphatic carbocycles. The van der Waals surface area contributed by atoms with Crippen LogP contribution in [0.3, 0.4) is 0 Å². The van der Waals surface area contributed by atoms with E-state index in [1.165, 1.54) is 0 Å². The summed E-state index contributed by atoms with van der Waals surface area (Å²) in [7, 11) is 1.66. The minimum Gasteiger partial charge on any atom is -0.497 e. The molecule has 0 radical (unpaired) electrons. The highest BCUT2D eigenvalue weighted by molar-refractivity contribution is 8.13. The Kier molecular flexibility index (Phi) is 10.2. The summed E-state index contributed by atoms with van der Waals surface area (Å²) in [5.41, 5.74) is 2.04. The highest BCUT2D eigenvalue weighted by Gasteiger charge is 2.04. The van der Waals surface area contributed by atoms with Gasteiger partial charge in [-0.25, -0.2) is 4.99 Å². The van der Waals surface area contributed by atoms with Gasteiger partial charge in [0.05, 0.1) is 17.8 Å². The Balaban J connectivity index is 0.00000151. The molecule has 5 heteroatoms. The van der Waals surface area contributed by atoms with Gasteiger partial charge in [0, 0.05) is 24.1 Å². The molecule has 0 aliphatic rings. The third-order valence-corrected chi connectivity index (χ3v) is 4.02. The first-order valence-corrected chi connectivity index (χ1v) is 9.48. The second-order valence-corrected chi connectivity index (χ2v) is 5.94. The number of methoxy groups -OCH3 is 1. The van der Waals surface area contributed by atoms with Crippen LogP contribution in [-0.4, -0.2) is 29.5 Å². The highest BCUT2D eigenvalue weighted by atomic mass is 32.2. The molecule has 134 valence electrons. The molecule has 2 aromatic rings. The summed E-state index contributed by atoms with van der Waals surface area (Å²) >= 11 is 1.67. The van der Waals surface area contributed by atoms with Crippen molar-refractivity contribution >= 4 is 22.6 Å². The molecule has 2 rings (SSSR count). The fourth-order valence-electron chi connectivity index (χ4n) is 1.92. The van der Waals surface area contributed by atoms with Crippen LogP contribution in [0.4, 0.5) is 0 Å². The first-order chi connectivity index (χ1) is 12.2. The van der Waals surface area contributed by atoms with Gasteiger partial charge < -0.3 is 4.74 Å². The third kappa shape index (κ3) is 7.52. The Bertz CT molecular complexity index is 667. The van der Waals surface area contributed by atoms with Gasteiger partial charge in [0.1, 0.15) is 5.75 Å². The fraction of sp³-hybridized carbons (Fsp3) is 0.350. The minimum atomic E-state index is 0.697. The van der Waals surface area contributed by atoms with E-state index in [2.05, 4.69) is 15.0 Å². The number of amidine groups is 1. The zero-order valence-corrected chi connectivity index (χ0v) is 16.5. The normalized spacial score (nSPS) is 11.6. The van der Waals surface area contributed by atoms with E-state index < -0.39 is 0 Å². The number of thioether (sulfide) groups is 1.